The van der Waals surface area contributed by atoms with Gasteiger partial charge in [-0.3, -0.25) is 14.5 Å². The molecule has 31 heavy (non-hydrogen) atoms. The van der Waals surface area contributed by atoms with Crippen LogP contribution in [0.3, 0.4) is 0 Å². The fraction of sp³-hybridized carbons (Fsp3) is 0.417. The molecule has 1 aromatic carbocycles. The van der Waals surface area contributed by atoms with E-state index in [1.807, 2.05) is 49.6 Å². The molecule has 1 atom stereocenters. The molecule has 1 amide bonds. The Morgan fingerprint density at radius 2 is 1.94 bits per heavy atom. The number of aliphatic hydroxyl groups excluding tert-OH is 1. The van der Waals surface area contributed by atoms with Crippen molar-refractivity contribution >= 4 is 28.8 Å². The average Bonchev–Trinajstić information content (AvgIpc) is 3.38. The molecule has 4 rings (SSSR count). The summed E-state index contributed by atoms with van der Waals surface area (Å²) in [5, 5.41) is 13.1. The molecular formula is C24H28N2O4S. The van der Waals surface area contributed by atoms with Crippen molar-refractivity contribution in [1.29, 1.82) is 0 Å². The van der Waals surface area contributed by atoms with Crippen LogP contribution in [0, 0.1) is 13.8 Å². The van der Waals surface area contributed by atoms with Crippen LogP contribution in [0.5, 0.6) is 0 Å². The van der Waals surface area contributed by atoms with Crippen molar-refractivity contribution in [3.8, 4) is 0 Å². The van der Waals surface area contributed by atoms with Gasteiger partial charge < -0.3 is 14.7 Å². The van der Waals surface area contributed by atoms with Crippen LogP contribution >= 0.6 is 11.3 Å². The van der Waals surface area contributed by atoms with Crippen molar-refractivity contribution in [3.63, 3.8) is 0 Å². The number of carbonyl (C=O) groups excluding carboxylic acids is 2. The number of morpholine rings is 1. The Morgan fingerprint density at radius 3 is 2.65 bits per heavy atom. The van der Waals surface area contributed by atoms with Gasteiger partial charge >= 0.3 is 0 Å². The standard InChI is InChI=1S/C24H28N2O4S/c1-16-6-7-17(2)18(15-16)22(27)20-21(19-5-3-14-31-19)26(24(29)23(20)28)9-4-8-25-10-12-30-13-11-25/h3,5-7,14-15,21,27H,4,8-13H2,1-2H3/b22-20-. The Morgan fingerprint density at radius 1 is 1.16 bits per heavy atom. The number of rotatable bonds is 6. The lowest BCUT2D eigenvalue weighted by Gasteiger charge is -2.28. The Labute approximate surface area is 186 Å². The van der Waals surface area contributed by atoms with Gasteiger partial charge in [-0.15, -0.1) is 11.3 Å². The SMILES string of the molecule is Cc1ccc(C)c(/C(O)=C2/C(=O)C(=O)N(CCCN3CCOCC3)C2c2cccs2)c1. The fourth-order valence-corrected chi connectivity index (χ4v) is 5.12. The maximum Gasteiger partial charge on any atom is 0.295 e. The smallest absolute Gasteiger partial charge is 0.295 e. The second-order valence-electron chi connectivity index (χ2n) is 8.13. The molecule has 2 aliphatic rings. The van der Waals surface area contributed by atoms with Crippen molar-refractivity contribution in [1.82, 2.24) is 9.80 Å². The van der Waals surface area contributed by atoms with Crippen LogP contribution in [-0.4, -0.2) is 66.0 Å². The van der Waals surface area contributed by atoms with Gasteiger partial charge in [0, 0.05) is 36.6 Å². The van der Waals surface area contributed by atoms with E-state index in [1.165, 1.54) is 11.3 Å². The first kappa shape index (κ1) is 21.7. The zero-order valence-corrected chi connectivity index (χ0v) is 18.8. The van der Waals surface area contributed by atoms with E-state index in [-0.39, 0.29) is 11.3 Å². The highest BCUT2D eigenvalue weighted by Gasteiger charge is 2.46. The monoisotopic (exact) mass is 440 g/mol. The summed E-state index contributed by atoms with van der Waals surface area (Å²) in [4.78, 5) is 30.9. The van der Waals surface area contributed by atoms with E-state index in [4.69, 9.17) is 4.74 Å². The van der Waals surface area contributed by atoms with Gasteiger partial charge in [0.25, 0.3) is 11.7 Å². The molecule has 7 heteroatoms. The fourth-order valence-electron chi connectivity index (χ4n) is 4.28. The molecule has 1 N–H and O–H groups in total. The van der Waals surface area contributed by atoms with Gasteiger partial charge in [-0.25, -0.2) is 0 Å². The molecule has 0 saturated carbocycles. The van der Waals surface area contributed by atoms with Gasteiger partial charge in [-0.2, -0.15) is 0 Å². The molecule has 2 fully saturated rings. The third-order valence-corrected chi connectivity index (χ3v) is 6.90. The van der Waals surface area contributed by atoms with Crippen LogP contribution in [0.1, 0.15) is 34.0 Å². The Kier molecular flexibility index (Phi) is 6.55. The molecule has 2 aliphatic heterocycles. The quantitative estimate of drug-likeness (QED) is 0.423. The zero-order chi connectivity index (χ0) is 22.0. The number of aliphatic hydroxyl groups is 1. The molecule has 6 nitrogen and oxygen atoms in total. The number of Topliss-reactive ketones (excluding diaryl/α,β-unsaturated/α-hetero) is 1. The number of amides is 1. The average molecular weight is 441 g/mol. The second-order valence-corrected chi connectivity index (χ2v) is 9.11. The summed E-state index contributed by atoms with van der Waals surface area (Å²) in [6.45, 7) is 8.39. The number of likely N-dealkylation sites (tertiary alicyclic amines) is 1. The van der Waals surface area contributed by atoms with E-state index in [9.17, 15) is 14.7 Å². The summed E-state index contributed by atoms with van der Waals surface area (Å²) >= 11 is 1.49. The number of benzene rings is 1. The van der Waals surface area contributed by atoms with Gasteiger partial charge in [0.2, 0.25) is 0 Å². The molecular weight excluding hydrogens is 412 g/mol. The number of thiophene rings is 1. The van der Waals surface area contributed by atoms with Gasteiger partial charge in [-0.05, 0) is 43.3 Å². The predicted molar refractivity (Wildman–Crippen MR) is 121 cm³/mol. The van der Waals surface area contributed by atoms with Crippen LogP contribution in [0.25, 0.3) is 5.76 Å². The van der Waals surface area contributed by atoms with Crippen LogP contribution in [0.15, 0.2) is 41.3 Å². The lowest BCUT2D eigenvalue weighted by atomic mass is 9.96. The van der Waals surface area contributed by atoms with Gasteiger partial charge in [0.15, 0.2) is 0 Å². The molecule has 1 aromatic heterocycles. The van der Waals surface area contributed by atoms with Crippen molar-refractivity contribution in [2.75, 3.05) is 39.4 Å². The molecule has 0 aliphatic carbocycles. The van der Waals surface area contributed by atoms with Gasteiger partial charge in [0.05, 0.1) is 24.8 Å². The number of carbonyl (C=O) groups is 2. The lowest BCUT2D eigenvalue weighted by Crippen LogP contribution is -2.38. The molecule has 2 saturated heterocycles. The number of hydrogen-bond donors (Lipinski definition) is 1. The summed E-state index contributed by atoms with van der Waals surface area (Å²) in [6, 6.07) is 9.03. The summed E-state index contributed by atoms with van der Waals surface area (Å²) in [5.74, 6) is -1.23. The third-order valence-electron chi connectivity index (χ3n) is 5.98. The number of aryl methyl sites for hydroxylation is 2. The second kappa shape index (κ2) is 9.34. The van der Waals surface area contributed by atoms with Crippen molar-refractivity contribution < 1.29 is 19.4 Å². The molecule has 1 unspecified atom stereocenters. The molecule has 2 aromatic rings. The highest BCUT2D eigenvalue weighted by Crippen LogP contribution is 2.41. The first-order valence-corrected chi connectivity index (χ1v) is 11.5. The maximum atomic E-state index is 13.1. The van der Waals surface area contributed by atoms with E-state index in [0.29, 0.717) is 12.1 Å². The number of nitrogens with zero attached hydrogens (tertiary/aromatic N) is 2. The van der Waals surface area contributed by atoms with E-state index in [1.54, 1.807) is 4.90 Å². The first-order chi connectivity index (χ1) is 15.0. The molecule has 164 valence electrons. The summed E-state index contributed by atoms with van der Waals surface area (Å²) in [7, 11) is 0. The van der Waals surface area contributed by atoms with Gasteiger partial charge in [-0.1, -0.05) is 23.8 Å². The van der Waals surface area contributed by atoms with Crippen LogP contribution in [-0.2, 0) is 14.3 Å². The van der Waals surface area contributed by atoms with E-state index in [2.05, 4.69) is 4.90 Å². The minimum Gasteiger partial charge on any atom is -0.507 e. The maximum absolute atomic E-state index is 13.1. The topological polar surface area (TPSA) is 70.1 Å². The molecule has 0 radical (unpaired) electrons. The molecule has 0 spiro atoms. The number of ether oxygens (including phenoxy) is 1. The van der Waals surface area contributed by atoms with E-state index >= 15 is 0 Å². The largest absolute Gasteiger partial charge is 0.507 e. The number of hydrogen-bond acceptors (Lipinski definition) is 6. The zero-order valence-electron chi connectivity index (χ0n) is 18.0. The van der Waals surface area contributed by atoms with Crippen molar-refractivity contribution in [3.05, 3.63) is 62.9 Å². The van der Waals surface area contributed by atoms with Crippen LogP contribution in [0.2, 0.25) is 0 Å². The lowest BCUT2D eigenvalue weighted by molar-refractivity contribution is -0.140. The summed E-state index contributed by atoms with van der Waals surface area (Å²) in [6.07, 6.45) is 0.762. The summed E-state index contributed by atoms with van der Waals surface area (Å²) < 4.78 is 5.39. The van der Waals surface area contributed by atoms with Crippen LogP contribution in [0.4, 0.5) is 0 Å². The Balaban J connectivity index is 1.65. The highest BCUT2D eigenvalue weighted by atomic mass is 32.1. The predicted octanol–water partition coefficient (Wildman–Crippen LogP) is 3.51. The minimum absolute atomic E-state index is 0.0892. The Hall–Kier alpha value is -2.48. The van der Waals surface area contributed by atoms with E-state index in [0.717, 1.165) is 55.3 Å². The van der Waals surface area contributed by atoms with Crippen LogP contribution < -0.4 is 0 Å². The highest BCUT2D eigenvalue weighted by molar-refractivity contribution is 7.10. The normalized spacial score (nSPS) is 21.7. The molecule has 3 heterocycles. The Bertz CT molecular complexity index is 993. The first-order valence-electron chi connectivity index (χ1n) is 10.7. The summed E-state index contributed by atoms with van der Waals surface area (Å²) in [5.41, 5.74) is 2.64. The van der Waals surface area contributed by atoms with Gasteiger partial charge in [0.1, 0.15) is 5.76 Å². The van der Waals surface area contributed by atoms with Crippen molar-refractivity contribution in [2.45, 2.75) is 26.3 Å². The molecule has 0 bridgehead atoms. The van der Waals surface area contributed by atoms with E-state index < -0.39 is 17.7 Å². The minimum atomic E-state index is -0.608. The third kappa shape index (κ3) is 4.44. The number of ketones is 1. The van der Waals surface area contributed by atoms with Crippen molar-refractivity contribution in [2.24, 2.45) is 0 Å².